The van der Waals surface area contributed by atoms with Gasteiger partial charge in [0, 0.05) is 19.2 Å². The average Bonchev–Trinajstić information content (AvgIpc) is 2.48. The Hall–Kier alpha value is -2.27. The van der Waals surface area contributed by atoms with Crippen LogP contribution < -0.4 is 10.3 Å². The second-order valence-corrected chi connectivity index (χ2v) is 4.58. The van der Waals surface area contributed by atoms with Gasteiger partial charge < -0.3 is 19.2 Å². The highest BCUT2D eigenvalue weighted by molar-refractivity contribution is 5.77. The van der Waals surface area contributed by atoms with Gasteiger partial charge in [0.1, 0.15) is 11.4 Å². The topological polar surface area (TPSA) is 62.9 Å². The van der Waals surface area contributed by atoms with Crippen molar-refractivity contribution in [3.8, 4) is 17.1 Å². The number of anilines is 1. The van der Waals surface area contributed by atoms with Crippen LogP contribution in [-0.4, -0.2) is 31.4 Å². The SMILES string of the molecule is O=c1ccoc(-c2ccccc2O)c1N1CCOCC1. The van der Waals surface area contributed by atoms with E-state index in [-0.39, 0.29) is 11.2 Å². The van der Waals surface area contributed by atoms with Gasteiger partial charge in [0.15, 0.2) is 5.76 Å². The van der Waals surface area contributed by atoms with Crippen LogP contribution >= 0.6 is 0 Å². The Morgan fingerprint density at radius 1 is 1.10 bits per heavy atom. The zero-order valence-corrected chi connectivity index (χ0v) is 10.9. The van der Waals surface area contributed by atoms with Gasteiger partial charge in [0.2, 0.25) is 5.43 Å². The number of ether oxygens (including phenoxy) is 1. The van der Waals surface area contributed by atoms with Crippen LogP contribution in [0.4, 0.5) is 5.69 Å². The van der Waals surface area contributed by atoms with E-state index in [0.717, 1.165) is 0 Å². The zero-order valence-electron chi connectivity index (χ0n) is 10.9. The molecule has 3 rings (SSSR count). The number of hydrogen-bond donors (Lipinski definition) is 1. The Balaban J connectivity index is 2.14. The summed E-state index contributed by atoms with van der Waals surface area (Å²) in [5, 5.41) is 9.97. The third-order valence-corrected chi connectivity index (χ3v) is 3.33. The summed E-state index contributed by atoms with van der Waals surface area (Å²) in [7, 11) is 0. The molecule has 104 valence electrons. The van der Waals surface area contributed by atoms with Crippen LogP contribution in [0.2, 0.25) is 0 Å². The van der Waals surface area contributed by atoms with Crippen molar-refractivity contribution in [1.82, 2.24) is 0 Å². The van der Waals surface area contributed by atoms with Crippen LogP contribution in [0.25, 0.3) is 11.3 Å². The number of benzene rings is 1. The lowest BCUT2D eigenvalue weighted by Crippen LogP contribution is -2.39. The van der Waals surface area contributed by atoms with Crippen LogP contribution in [0.1, 0.15) is 0 Å². The first kappa shape index (κ1) is 12.7. The summed E-state index contributed by atoms with van der Waals surface area (Å²) in [6, 6.07) is 8.23. The van der Waals surface area contributed by atoms with Gasteiger partial charge in [-0.25, -0.2) is 0 Å². The summed E-state index contributed by atoms with van der Waals surface area (Å²) in [5.41, 5.74) is 0.889. The quantitative estimate of drug-likeness (QED) is 0.904. The first-order valence-corrected chi connectivity index (χ1v) is 6.50. The summed E-state index contributed by atoms with van der Waals surface area (Å²) >= 11 is 0. The van der Waals surface area contributed by atoms with Gasteiger partial charge in [-0.1, -0.05) is 12.1 Å². The van der Waals surface area contributed by atoms with Crippen molar-refractivity contribution in [1.29, 1.82) is 0 Å². The number of aromatic hydroxyl groups is 1. The standard InChI is InChI=1S/C15H15NO4/c17-12-4-2-1-3-11(12)15-14(13(18)5-8-20-15)16-6-9-19-10-7-16/h1-5,8,17H,6-7,9-10H2. The van der Waals surface area contributed by atoms with Crippen LogP contribution in [0, 0.1) is 0 Å². The summed E-state index contributed by atoms with van der Waals surface area (Å²) in [6.45, 7) is 2.42. The highest BCUT2D eigenvalue weighted by Gasteiger charge is 2.21. The van der Waals surface area contributed by atoms with E-state index in [1.54, 1.807) is 24.3 Å². The molecule has 2 aromatic rings. The van der Waals surface area contributed by atoms with Crippen molar-refractivity contribution in [2.75, 3.05) is 31.2 Å². The van der Waals surface area contributed by atoms with Gasteiger partial charge in [-0.15, -0.1) is 0 Å². The van der Waals surface area contributed by atoms with Crippen molar-refractivity contribution < 1.29 is 14.3 Å². The molecule has 5 heteroatoms. The molecule has 1 aromatic carbocycles. The van der Waals surface area contributed by atoms with Gasteiger partial charge in [0.25, 0.3) is 0 Å². The maximum atomic E-state index is 12.2. The smallest absolute Gasteiger partial charge is 0.208 e. The Kier molecular flexibility index (Phi) is 3.43. The molecular weight excluding hydrogens is 258 g/mol. The lowest BCUT2D eigenvalue weighted by Gasteiger charge is -2.29. The molecule has 1 aliphatic heterocycles. The molecule has 2 heterocycles. The van der Waals surface area contributed by atoms with Crippen molar-refractivity contribution in [2.24, 2.45) is 0 Å². The fourth-order valence-corrected chi connectivity index (χ4v) is 2.35. The highest BCUT2D eigenvalue weighted by atomic mass is 16.5. The first-order valence-electron chi connectivity index (χ1n) is 6.50. The van der Waals surface area contributed by atoms with E-state index in [0.29, 0.717) is 43.3 Å². The second-order valence-electron chi connectivity index (χ2n) is 4.58. The molecule has 1 aromatic heterocycles. The number of nitrogens with zero attached hydrogens (tertiary/aromatic N) is 1. The molecule has 0 saturated carbocycles. The summed E-state index contributed by atoms with van der Waals surface area (Å²) in [5.74, 6) is 0.494. The van der Waals surface area contributed by atoms with Crippen molar-refractivity contribution in [3.63, 3.8) is 0 Å². The van der Waals surface area contributed by atoms with Gasteiger partial charge in [-0.05, 0) is 12.1 Å². The Morgan fingerprint density at radius 3 is 2.60 bits per heavy atom. The van der Waals surface area contributed by atoms with Gasteiger partial charge in [-0.2, -0.15) is 0 Å². The third kappa shape index (κ3) is 2.28. The zero-order chi connectivity index (χ0) is 13.9. The second kappa shape index (κ2) is 5.38. The number of hydrogen-bond acceptors (Lipinski definition) is 5. The molecule has 0 spiro atoms. The number of para-hydroxylation sites is 1. The largest absolute Gasteiger partial charge is 0.507 e. The highest BCUT2D eigenvalue weighted by Crippen LogP contribution is 2.34. The fraction of sp³-hybridized carbons (Fsp3) is 0.267. The lowest BCUT2D eigenvalue weighted by molar-refractivity contribution is 0.122. The Bertz CT molecular complexity index is 659. The molecule has 0 radical (unpaired) electrons. The third-order valence-electron chi connectivity index (χ3n) is 3.33. The number of rotatable bonds is 2. The lowest BCUT2D eigenvalue weighted by atomic mass is 10.1. The molecular formula is C15H15NO4. The Labute approximate surface area is 116 Å². The molecule has 1 aliphatic rings. The summed E-state index contributed by atoms with van der Waals surface area (Å²) in [4.78, 5) is 14.1. The van der Waals surface area contributed by atoms with Crippen LogP contribution in [0.5, 0.6) is 5.75 Å². The molecule has 5 nitrogen and oxygen atoms in total. The molecule has 0 unspecified atom stereocenters. The molecule has 0 bridgehead atoms. The van der Waals surface area contributed by atoms with E-state index in [9.17, 15) is 9.90 Å². The number of phenolic OH excluding ortho intramolecular Hbond substituents is 1. The molecule has 0 amide bonds. The summed E-state index contributed by atoms with van der Waals surface area (Å²) < 4.78 is 10.8. The van der Waals surface area contributed by atoms with Crippen LogP contribution in [0.15, 0.2) is 45.8 Å². The maximum Gasteiger partial charge on any atom is 0.208 e. The monoisotopic (exact) mass is 273 g/mol. The van der Waals surface area contributed by atoms with E-state index in [2.05, 4.69) is 0 Å². The molecule has 1 saturated heterocycles. The van der Waals surface area contributed by atoms with Crippen molar-refractivity contribution in [2.45, 2.75) is 0 Å². The number of phenols is 1. The van der Waals surface area contributed by atoms with Gasteiger partial charge in [-0.3, -0.25) is 4.79 Å². The van der Waals surface area contributed by atoms with Crippen molar-refractivity contribution >= 4 is 5.69 Å². The van der Waals surface area contributed by atoms with E-state index in [4.69, 9.17) is 9.15 Å². The van der Waals surface area contributed by atoms with E-state index in [1.165, 1.54) is 12.3 Å². The fourth-order valence-electron chi connectivity index (χ4n) is 2.35. The average molecular weight is 273 g/mol. The minimum atomic E-state index is -0.114. The molecule has 0 aliphatic carbocycles. The minimum absolute atomic E-state index is 0.0939. The molecule has 1 N–H and O–H groups in total. The van der Waals surface area contributed by atoms with E-state index in [1.807, 2.05) is 4.90 Å². The van der Waals surface area contributed by atoms with Crippen LogP contribution in [-0.2, 0) is 4.74 Å². The molecule has 1 fully saturated rings. The van der Waals surface area contributed by atoms with Crippen molar-refractivity contribution in [3.05, 3.63) is 46.8 Å². The predicted octanol–water partition coefficient (Wildman–Crippen LogP) is 1.85. The predicted molar refractivity (Wildman–Crippen MR) is 75.1 cm³/mol. The number of morpholine rings is 1. The maximum absolute atomic E-state index is 12.2. The molecule has 0 atom stereocenters. The minimum Gasteiger partial charge on any atom is -0.507 e. The summed E-state index contributed by atoms with van der Waals surface area (Å²) in [6.07, 6.45) is 1.36. The van der Waals surface area contributed by atoms with Gasteiger partial charge >= 0.3 is 0 Å². The van der Waals surface area contributed by atoms with E-state index < -0.39 is 0 Å². The first-order chi connectivity index (χ1) is 9.77. The molecule has 20 heavy (non-hydrogen) atoms. The van der Waals surface area contributed by atoms with Crippen LogP contribution in [0.3, 0.4) is 0 Å². The van der Waals surface area contributed by atoms with Gasteiger partial charge in [0.05, 0.1) is 25.0 Å². The normalized spacial score (nSPS) is 15.3. The Morgan fingerprint density at radius 2 is 1.85 bits per heavy atom. The van der Waals surface area contributed by atoms with E-state index >= 15 is 0 Å².